The quantitative estimate of drug-likeness (QED) is 0.529. The molecule has 126 valence electrons. The Labute approximate surface area is 146 Å². The predicted molar refractivity (Wildman–Crippen MR) is 90.2 cm³/mol. The van der Waals surface area contributed by atoms with E-state index < -0.39 is 16.6 Å². The van der Waals surface area contributed by atoms with Crippen LogP contribution in [0.4, 0.5) is 15.8 Å². The number of furan rings is 1. The van der Waals surface area contributed by atoms with Crippen molar-refractivity contribution in [2.75, 3.05) is 5.32 Å². The second-order valence-electron chi connectivity index (χ2n) is 5.02. The topological polar surface area (TPSA) is 85.4 Å². The van der Waals surface area contributed by atoms with E-state index in [1.807, 2.05) is 0 Å². The van der Waals surface area contributed by atoms with Gasteiger partial charge in [-0.15, -0.1) is 0 Å². The smallest absolute Gasteiger partial charge is 0.291 e. The van der Waals surface area contributed by atoms with E-state index in [0.717, 1.165) is 0 Å². The highest BCUT2D eigenvalue weighted by molar-refractivity contribution is 6.32. The molecule has 1 N–H and O–H groups in total. The molecule has 8 heteroatoms. The number of amides is 1. The molecule has 0 fully saturated rings. The van der Waals surface area contributed by atoms with Crippen LogP contribution >= 0.6 is 11.6 Å². The van der Waals surface area contributed by atoms with Crippen LogP contribution in [0, 0.1) is 15.9 Å². The fraction of sp³-hybridized carbons (Fsp3) is 0. The SMILES string of the molecule is O=C(Nc1ccccc1F)c1ccc(-c2ccc(Cl)c([N+](=O)[O-])c2)o1. The molecule has 25 heavy (non-hydrogen) atoms. The fourth-order valence-corrected chi connectivity index (χ4v) is 2.35. The van der Waals surface area contributed by atoms with Crippen molar-refractivity contribution in [3.05, 3.63) is 81.3 Å². The van der Waals surface area contributed by atoms with Gasteiger partial charge in [-0.2, -0.15) is 0 Å². The molecule has 0 aliphatic carbocycles. The van der Waals surface area contributed by atoms with Crippen LogP contribution in [0.15, 0.2) is 59.0 Å². The lowest BCUT2D eigenvalue weighted by Gasteiger charge is -2.04. The number of nitrogens with one attached hydrogen (secondary N) is 1. The van der Waals surface area contributed by atoms with Gasteiger partial charge in [0.2, 0.25) is 0 Å². The van der Waals surface area contributed by atoms with Gasteiger partial charge in [0.05, 0.1) is 10.6 Å². The molecule has 0 spiro atoms. The Morgan fingerprint density at radius 1 is 1.16 bits per heavy atom. The van der Waals surface area contributed by atoms with Crippen LogP contribution in [0.3, 0.4) is 0 Å². The molecule has 3 rings (SSSR count). The molecular formula is C17H10ClFN2O4. The van der Waals surface area contributed by atoms with E-state index in [0.29, 0.717) is 5.56 Å². The van der Waals surface area contributed by atoms with Crippen molar-refractivity contribution in [1.82, 2.24) is 0 Å². The lowest BCUT2D eigenvalue weighted by molar-refractivity contribution is -0.384. The third-order valence-corrected chi connectivity index (χ3v) is 3.70. The summed E-state index contributed by atoms with van der Waals surface area (Å²) < 4.78 is 19.0. The third-order valence-electron chi connectivity index (χ3n) is 3.38. The molecule has 0 saturated carbocycles. The zero-order chi connectivity index (χ0) is 18.0. The van der Waals surface area contributed by atoms with E-state index in [9.17, 15) is 19.3 Å². The van der Waals surface area contributed by atoms with Crippen molar-refractivity contribution in [2.24, 2.45) is 0 Å². The number of halogens is 2. The van der Waals surface area contributed by atoms with Crippen LogP contribution in [-0.4, -0.2) is 10.8 Å². The Kier molecular flexibility index (Phi) is 4.49. The van der Waals surface area contributed by atoms with Crippen LogP contribution in [0.2, 0.25) is 5.02 Å². The van der Waals surface area contributed by atoms with Crippen LogP contribution in [0.5, 0.6) is 0 Å². The highest BCUT2D eigenvalue weighted by atomic mass is 35.5. The first-order valence-electron chi connectivity index (χ1n) is 7.06. The minimum Gasteiger partial charge on any atom is -0.451 e. The molecule has 0 saturated heterocycles. The normalized spacial score (nSPS) is 10.5. The van der Waals surface area contributed by atoms with Gasteiger partial charge in [0.1, 0.15) is 16.6 Å². The molecule has 0 aliphatic rings. The number of hydrogen-bond acceptors (Lipinski definition) is 4. The zero-order valence-corrected chi connectivity index (χ0v) is 13.3. The predicted octanol–water partition coefficient (Wildman–Crippen LogP) is 4.90. The lowest BCUT2D eigenvalue weighted by atomic mass is 10.1. The maximum absolute atomic E-state index is 13.6. The number of nitrogens with zero attached hydrogens (tertiary/aromatic N) is 1. The van der Waals surface area contributed by atoms with E-state index >= 15 is 0 Å². The van der Waals surface area contributed by atoms with Crippen LogP contribution in [-0.2, 0) is 0 Å². The van der Waals surface area contributed by atoms with Gasteiger partial charge in [-0.05, 0) is 36.4 Å². The molecule has 1 amide bonds. The molecule has 0 aliphatic heterocycles. The molecule has 1 heterocycles. The molecule has 0 unspecified atom stereocenters. The van der Waals surface area contributed by atoms with Gasteiger partial charge >= 0.3 is 0 Å². The monoisotopic (exact) mass is 360 g/mol. The number of nitro benzene ring substituents is 1. The van der Waals surface area contributed by atoms with E-state index in [1.165, 1.54) is 48.5 Å². The second-order valence-corrected chi connectivity index (χ2v) is 5.43. The number of carbonyl (C=O) groups excluding carboxylic acids is 1. The van der Waals surface area contributed by atoms with Gasteiger partial charge in [0.15, 0.2) is 5.76 Å². The molecule has 2 aromatic carbocycles. The summed E-state index contributed by atoms with van der Waals surface area (Å²) in [4.78, 5) is 22.5. The van der Waals surface area contributed by atoms with Crippen molar-refractivity contribution in [3.63, 3.8) is 0 Å². The maximum atomic E-state index is 13.6. The van der Waals surface area contributed by atoms with E-state index in [-0.39, 0.29) is 27.9 Å². The fourth-order valence-electron chi connectivity index (χ4n) is 2.17. The van der Waals surface area contributed by atoms with Gasteiger partial charge < -0.3 is 9.73 Å². The van der Waals surface area contributed by atoms with Gasteiger partial charge in [-0.3, -0.25) is 14.9 Å². The Morgan fingerprint density at radius 2 is 1.92 bits per heavy atom. The van der Waals surface area contributed by atoms with Gasteiger partial charge in [-0.25, -0.2) is 4.39 Å². The third kappa shape index (κ3) is 3.51. The van der Waals surface area contributed by atoms with Crippen molar-refractivity contribution in [1.29, 1.82) is 0 Å². The Hall–Kier alpha value is -3.19. The Bertz CT molecular complexity index is 971. The van der Waals surface area contributed by atoms with E-state index in [1.54, 1.807) is 6.07 Å². The average molecular weight is 361 g/mol. The number of hydrogen-bond donors (Lipinski definition) is 1. The summed E-state index contributed by atoms with van der Waals surface area (Å²) in [6, 6.07) is 12.8. The Morgan fingerprint density at radius 3 is 2.64 bits per heavy atom. The Balaban J connectivity index is 1.85. The van der Waals surface area contributed by atoms with Crippen LogP contribution in [0.25, 0.3) is 11.3 Å². The summed E-state index contributed by atoms with van der Waals surface area (Å²) in [5.41, 5.74) is 0.140. The number of para-hydroxylation sites is 1. The minimum absolute atomic E-state index is 0.00201. The van der Waals surface area contributed by atoms with Gasteiger partial charge in [0, 0.05) is 11.6 Å². The van der Waals surface area contributed by atoms with Crippen molar-refractivity contribution >= 4 is 28.9 Å². The largest absolute Gasteiger partial charge is 0.451 e. The number of anilines is 1. The average Bonchev–Trinajstić information content (AvgIpc) is 3.07. The van der Waals surface area contributed by atoms with E-state index in [2.05, 4.69) is 5.32 Å². The molecule has 6 nitrogen and oxygen atoms in total. The zero-order valence-electron chi connectivity index (χ0n) is 12.5. The lowest BCUT2D eigenvalue weighted by Crippen LogP contribution is -2.11. The summed E-state index contributed by atoms with van der Waals surface area (Å²) in [6.07, 6.45) is 0. The number of benzene rings is 2. The molecule has 3 aromatic rings. The summed E-state index contributed by atoms with van der Waals surface area (Å²) in [5.74, 6) is -1.02. The molecule has 1 aromatic heterocycles. The van der Waals surface area contributed by atoms with Gasteiger partial charge in [-0.1, -0.05) is 23.7 Å². The highest BCUT2D eigenvalue weighted by Gasteiger charge is 2.17. The van der Waals surface area contributed by atoms with E-state index in [4.69, 9.17) is 16.0 Å². The van der Waals surface area contributed by atoms with Crippen LogP contribution < -0.4 is 5.32 Å². The standard InChI is InChI=1S/C17H10ClFN2O4/c18-11-6-5-10(9-14(11)21(23)24)15-7-8-16(25-15)17(22)20-13-4-2-1-3-12(13)19/h1-9H,(H,20,22). The molecule has 0 bridgehead atoms. The first kappa shape index (κ1) is 16.7. The summed E-state index contributed by atoms with van der Waals surface area (Å²) in [6.45, 7) is 0. The molecule has 0 radical (unpaired) electrons. The first-order chi connectivity index (χ1) is 12.0. The van der Waals surface area contributed by atoms with Gasteiger partial charge in [0.25, 0.3) is 11.6 Å². The minimum atomic E-state index is -0.639. The van der Waals surface area contributed by atoms with Crippen molar-refractivity contribution in [3.8, 4) is 11.3 Å². The number of rotatable bonds is 4. The number of nitro groups is 1. The van der Waals surface area contributed by atoms with Crippen molar-refractivity contribution < 1.29 is 18.5 Å². The maximum Gasteiger partial charge on any atom is 0.291 e. The highest BCUT2D eigenvalue weighted by Crippen LogP contribution is 2.31. The molecular weight excluding hydrogens is 351 g/mol. The van der Waals surface area contributed by atoms with Crippen molar-refractivity contribution in [2.45, 2.75) is 0 Å². The summed E-state index contributed by atoms with van der Waals surface area (Å²) in [7, 11) is 0. The first-order valence-corrected chi connectivity index (χ1v) is 7.43. The summed E-state index contributed by atoms with van der Waals surface area (Å²) in [5, 5.41) is 13.3. The molecule has 0 atom stereocenters. The summed E-state index contributed by atoms with van der Waals surface area (Å²) >= 11 is 5.77. The number of carbonyl (C=O) groups is 1. The second kappa shape index (κ2) is 6.74. The van der Waals surface area contributed by atoms with Crippen LogP contribution in [0.1, 0.15) is 10.6 Å².